The number of halogens is 1. The van der Waals surface area contributed by atoms with E-state index >= 15 is 0 Å². The van der Waals surface area contributed by atoms with Gasteiger partial charge in [-0.1, -0.05) is 11.6 Å². The van der Waals surface area contributed by atoms with Crippen LogP contribution in [0.1, 0.15) is 6.42 Å². The highest BCUT2D eigenvalue weighted by molar-refractivity contribution is 6.33. The minimum Gasteiger partial charge on any atom is -0.394 e. The molecule has 7 nitrogen and oxygen atoms in total. The van der Waals surface area contributed by atoms with E-state index in [-0.39, 0.29) is 17.7 Å². The summed E-state index contributed by atoms with van der Waals surface area (Å²) in [5.41, 5.74) is 6.49. The zero-order chi connectivity index (χ0) is 12.4. The Morgan fingerprint density at radius 1 is 1.47 bits per heavy atom. The van der Waals surface area contributed by atoms with Crippen LogP contribution in [0.15, 0.2) is 6.33 Å². The van der Waals surface area contributed by atoms with E-state index in [0.717, 1.165) is 0 Å². The molecule has 0 aliphatic rings. The Hall–Kier alpha value is -1.44. The van der Waals surface area contributed by atoms with Crippen LogP contribution in [0.5, 0.6) is 0 Å². The van der Waals surface area contributed by atoms with Crippen LogP contribution < -0.4 is 5.73 Å². The van der Waals surface area contributed by atoms with Gasteiger partial charge in [-0.15, -0.1) is 0 Å². The standard InChI is InChI=1S/C9H12ClN5O2/c10-7-6-8(14-9(11)13-7)15(4-12-6)2-1-5(17)3-16/h4-5,16-17H,1-3H2,(H2,11,13,14). The first-order chi connectivity index (χ1) is 8.11. The van der Waals surface area contributed by atoms with Gasteiger partial charge in [-0.05, 0) is 6.42 Å². The number of imidazole rings is 1. The van der Waals surface area contributed by atoms with Crippen LogP contribution in [0.4, 0.5) is 5.95 Å². The fraction of sp³-hybridized carbons (Fsp3) is 0.444. The second-order valence-corrected chi connectivity index (χ2v) is 3.97. The molecule has 0 spiro atoms. The van der Waals surface area contributed by atoms with Gasteiger partial charge >= 0.3 is 0 Å². The highest BCUT2D eigenvalue weighted by atomic mass is 35.5. The van der Waals surface area contributed by atoms with Crippen molar-refractivity contribution in [1.82, 2.24) is 19.5 Å². The van der Waals surface area contributed by atoms with Crippen molar-refractivity contribution in [2.24, 2.45) is 0 Å². The third-order valence-electron chi connectivity index (χ3n) is 2.35. The maximum Gasteiger partial charge on any atom is 0.223 e. The highest BCUT2D eigenvalue weighted by Gasteiger charge is 2.11. The minimum atomic E-state index is -0.762. The molecular weight excluding hydrogens is 246 g/mol. The van der Waals surface area contributed by atoms with Gasteiger partial charge < -0.3 is 20.5 Å². The average Bonchev–Trinajstić information content (AvgIpc) is 2.69. The maximum absolute atomic E-state index is 9.27. The fourth-order valence-electron chi connectivity index (χ4n) is 1.47. The molecule has 2 heterocycles. The fourth-order valence-corrected chi connectivity index (χ4v) is 1.69. The zero-order valence-corrected chi connectivity index (χ0v) is 9.67. The van der Waals surface area contributed by atoms with Crippen LogP contribution in [0, 0.1) is 0 Å². The van der Waals surface area contributed by atoms with E-state index in [2.05, 4.69) is 15.0 Å². The summed E-state index contributed by atoms with van der Waals surface area (Å²) >= 11 is 5.87. The van der Waals surface area contributed by atoms with E-state index in [1.54, 1.807) is 10.9 Å². The molecule has 0 aromatic carbocycles. The van der Waals surface area contributed by atoms with Gasteiger partial charge in [0.1, 0.15) is 5.52 Å². The number of hydrogen-bond acceptors (Lipinski definition) is 6. The van der Waals surface area contributed by atoms with Gasteiger partial charge in [0, 0.05) is 6.54 Å². The first-order valence-electron chi connectivity index (χ1n) is 5.04. The molecule has 0 saturated carbocycles. The zero-order valence-electron chi connectivity index (χ0n) is 8.91. The molecule has 2 aromatic rings. The van der Waals surface area contributed by atoms with E-state index in [0.29, 0.717) is 24.1 Å². The number of aliphatic hydroxyl groups is 2. The molecule has 1 atom stereocenters. The molecule has 2 aromatic heterocycles. The Labute approximate surface area is 102 Å². The van der Waals surface area contributed by atoms with Crippen molar-refractivity contribution in [2.45, 2.75) is 19.1 Å². The quantitative estimate of drug-likeness (QED) is 0.655. The Kier molecular flexibility index (Phi) is 3.41. The van der Waals surface area contributed by atoms with Crippen molar-refractivity contribution in [3.05, 3.63) is 11.5 Å². The third-order valence-corrected chi connectivity index (χ3v) is 2.62. The third kappa shape index (κ3) is 2.46. The monoisotopic (exact) mass is 257 g/mol. The summed E-state index contributed by atoms with van der Waals surface area (Å²) in [6.07, 6.45) is 1.18. The predicted octanol–water partition coefficient (Wildman–Crippen LogP) is -0.195. The lowest BCUT2D eigenvalue weighted by molar-refractivity contribution is 0.0848. The first kappa shape index (κ1) is 12.0. The number of aryl methyl sites for hydroxylation is 1. The average molecular weight is 258 g/mol. The van der Waals surface area contributed by atoms with E-state index in [1.807, 2.05) is 0 Å². The van der Waals surface area contributed by atoms with Gasteiger partial charge in [-0.2, -0.15) is 9.97 Å². The van der Waals surface area contributed by atoms with E-state index in [9.17, 15) is 5.11 Å². The summed E-state index contributed by atoms with van der Waals surface area (Å²) in [4.78, 5) is 11.9. The van der Waals surface area contributed by atoms with Crippen molar-refractivity contribution in [2.75, 3.05) is 12.3 Å². The number of anilines is 1. The van der Waals surface area contributed by atoms with Crippen molar-refractivity contribution in [1.29, 1.82) is 0 Å². The molecule has 1 unspecified atom stereocenters. The molecular formula is C9H12ClN5O2. The predicted molar refractivity (Wildman–Crippen MR) is 62.5 cm³/mol. The number of fused-ring (bicyclic) bond motifs is 1. The van der Waals surface area contributed by atoms with Crippen LogP contribution in [0.2, 0.25) is 5.15 Å². The molecule has 2 rings (SSSR count). The molecule has 17 heavy (non-hydrogen) atoms. The Balaban J connectivity index is 2.29. The van der Waals surface area contributed by atoms with Gasteiger partial charge in [0.2, 0.25) is 5.95 Å². The summed E-state index contributed by atoms with van der Waals surface area (Å²) in [6, 6.07) is 0. The topological polar surface area (TPSA) is 110 Å². The molecule has 0 radical (unpaired) electrons. The molecule has 0 amide bonds. The van der Waals surface area contributed by atoms with Gasteiger partial charge in [-0.3, -0.25) is 0 Å². The second kappa shape index (κ2) is 4.82. The lowest BCUT2D eigenvalue weighted by Gasteiger charge is -2.07. The number of rotatable bonds is 4. The molecule has 92 valence electrons. The van der Waals surface area contributed by atoms with Gasteiger partial charge in [0.05, 0.1) is 19.0 Å². The van der Waals surface area contributed by atoms with Gasteiger partial charge in [-0.25, -0.2) is 4.98 Å². The molecule has 0 aliphatic carbocycles. The number of aliphatic hydroxyl groups excluding tert-OH is 2. The van der Waals surface area contributed by atoms with E-state index < -0.39 is 6.10 Å². The molecule has 0 fully saturated rings. The number of aromatic nitrogens is 4. The van der Waals surface area contributed by atoms with E-state index in [4.69, 9.17) is 22.4 Å². The summed E-state index contributed by atoms with van der Waals surface area (Å²) in [6.45, 7) is 0.190. The van der Waals surface area contributed by atoms with E-state index in [1.165, 1.54) is 0 Å². The normalized spacial score (nSPS) is 13.1. The second-order valence-electron chi connectivity index (χ2n) is 3.61. The van der Waals surface area contributed by atoms with Gasteiger partial charge in [0.25, 0.3) is 0 Å². The maximum atomic E-state index is 9.27. The van der Waals surface area contributed by atoms with Crippen LogP contribution in [-0.2, 0) is 6.54 Å². The number of nitrogens with zero attached hydrogens (tertiary/aromatic N) is 4. The molecule has 0 saturated heterocycles. The van der Waals surface area contributed by atoms with Crippen molar-refractivity contribution in [3.8, 4) is 0 Å². The lowest BCUT2D eigenvalue weighted by atomic mass is 10.3. The Morgan fingerprint density at radius 3 is 2.94 bits per heavy atom. The SMILES string of the molecule is Nc1nc(Cl)c2ncn(CCC(O)CO)c2n1. The highest BCUT2D eigenvalue weighted by Crippen LogP contribution is 2.19. The van der Waals surface area contributed by atoms with Crippen molar-refractivity contribution in [3.63, 3.8) is 0 Å². The number of nitrogen functional groups attached to an aromatic ring is 1. The van der Waals surface area contributed by atoms with Crippen LogP contribution >= 0.6 is 11.6 Å². The van der Waals surface area contributed by atoms with Crippen molar-refractivity contribution < 1.29 is 10.2 Å². The first-order valence-corrected chi connectivity index (χ1v) is 5.42. The van der Waals surface area contributed by atoms with Crippen molar-refractivity contribution >= 4 is 28.7 Å². The van der Waals surface area contributed by atoms with Crippen LogP contribution in [-0.4, -0.2) is 42.4 Å². The Morgan fingerprint density at radius 2 is 2.24 bits per heavy atom. The molecule has 8 heteroatoms. The molecule has 0 aliphatic heterocycles. The van der Waals surface area contributed by atoms with Crippen LogP contribution in [0.3, 0.4) is 0 Å². The summed E-state index contributed by atoms with van der Waals surface area (Å²) in [5.74, 6) is 0.0759. The lowest BCUT2D eigenvalue weighted by Crippen LogP contribution is -2.15. The summed E-state index contributed by atoms with van der Waals surface area (Å²) in [5, 5.41) is 18.2. The molecule has 0 bridgehead atoms. The minimum absolute atomic E-state index is 0.0759. The molecule has 4 N–H and O–H groups in total. The number of nitrogens with two attached hydrogens (primary N) is 1. The summed E-state index contributed by atoms with van der Waals surface area (Å²) < 4.78 is 1.71. The van der Waals surface area contributed by atoms with Gasteiger partial charge in [0.15, 0.2) is 10.8 Å². The largest absolute Gasteiger partial charge is 0.394 e. The smallest absolute Gasteiger partial charge is 0.223 e. The van der Waals surface area contributed by atoms with Crippen LogP contribution in [0.25, 0.3) is 11.2 Å². The Bertz CT molecular complexity index is 529. The summed E-state index contributed by atoms with van der Waals surface area (Å²) in [7, 11) is 0. The number of hydrogen-bond donors (Lipinski definition) is 3.